The molecule has 0 heterocycles. The van der Waals surface area contributed by atoms with E-state index in [1.54, 1.807) is 0 Å². The van der Waals surface area contributed by atoms with Gasteiger partial charge in [0.1, 0.15) is 0 Å². The molecule has 1 aliphatic carbocycles. The minimum Gasteiger partial charge on any atom is -0.327 e. The average Bonchev–Trinajstić information content (AvgIpc) is 2.53. The Hall–Kier alpha value is -0.990. The Kier molecular flexibility index (Phi) is 4.64. The highest BCUT2D eigenvalue weighted by molar-refractivity contribution is 7.99. The van der Waals surface area contributed by atoms with Crippen molar-refractivity contribution in [1.29, 1.82) is 0 Å². The van der Waals surface area contributed by atoms with Crippen molar-refractivity contribution >= 4 is 22.5 Å². The van der Waals surface area contributed by atoms with Gasteiger partial charge in [-0.2, -0.15) is 0 Å². The van der Waals surface area contributed by atoms with E-state index in [4.69, 9.17) is 5.73 Å². The summed E-state index contributed by atoms with van der Waals surface area (Å²) in [4.78, 5) is 1.34. The molecule has 2 N–H and O–H groups in total. The third-order valence-corrected chi connectivity index (χ3v) is 5.56. The Balaban J connectivity index is 1.61. The predicted octanol–water partition coefficient (Wildman–Crippen LogP) is 4.84. The van der Waals surface area contributed by atoms with E-state index in [1.165, 1.54) is 47.8 Å². The Morgan fingerprint density at radius 3 is 2.55 bits per heavy atom. The summed E-state index contributed by atoms with van der Waals surface area (Å²) in [5.41, 5.74) is 6.39. The van der Waals surface area contributed by atoms with E-state index in [1.807, 2.05) is 11.8 Å². The first-order chi connectivity index (χ1) is 9.83. The SMILES string of the molecule is NC(CSc1ccc2ccccc2c1)C1CCCCC1. The maximum absolute atomic E-state index is 6.39. The Morgan fingerprint density at radius 1 is 1.00 bits per heavy atom. The number of benzene rings is 2. The van der Waals surface area contributed by atoms with Crippen LogP contribution < -0.4 is 5.73 Å². The Labute approximate surface area is 125 Å². The number of rotatable bonds is 4. The van der Waals surface area contributed by atoms with Crippen LogP contribution in [0.3, 0.4) is 0 Å². The number of hydrogen-bond acceptors (Lipinski definition) is 2. The molecule has 1 fully saturated rings. The van der Waals surface area contributed by atoms with Crippen LogP contribution in [-0.4, -0.2) is 11.8 Å². The average molecular weight is 285 g/mol. The minimum absolute atomic E-state index is 0.353. The van der Waals surface area contributed by atoms with Crippen LogP contribution in [0.5, 0.6) is 0 Å². The topological polar surface area (TPSA) is 26.0 Å². The number of fused-ring (bicyclic) bond motifs is 1. The second kappa shape index (κ2) is 6.64. The third-order valence-electron chi connectivity index (χ3n) is 4.42. The van der Waals surface area contributed by atoms with Crippen LogP contribution in [0.1, 0.15) is 32.1 Å². The molecule has 0 amide bonds. The van der Waals surface area contributed by atoms with Gasteiger partial charge in [0, 0.05) is 16.7 Å². The zero-order valence-corrected chi connectivity index (χ0v) is 12.7. The van der Waals surface area contributed by atoms with Crippen molar-refractivity contribution in [1.82, 2.24) is 0 Å². The van der Waals surface area contributed by atoms with E-state index < -0.39 is 0 Å². The predicted molar refractivity (Wildman–Crippen MR) is 89.2 cm³/mol. The summed E-state index contributed by atoms with van der Waals surface area (Å²) in [7, 11) is 0. The largest absolute Gasteiger partial charge is 0.327 e. The van der Waals surface area contributed by atoms with Crippen LogP contribution in [0.25, 0.3) is 10.8 Å². The lowest BCUT2D eigenvalue weighted by Gasteiger charge is -2.27. The summed E-state index contributed by atoms with van der Waals surface area (Å²) in [6.07, 6.45) is 6.82. The quantitative estimate of drug-likeness (QED) is 0.813. The molecule has 106 valence electrons. The fourth-order valence-electron chi connectivity index (χ4n) is 3.15. The molecular weight excluding hydrogens is 262 g/mol. The van der Waals surface area contributed by atoms with Gasteiger partial charge < -0.3 is 5.73 Å². The van der Waals surface area contributed by atoms with Crippen molar-refractivity contribution in [3.05, 3.63) is 42.5 Å². The molecule has 3 rings (SSSR count). The fourth-order valence-corrected chi connectivity index (χ4v) is 4.18. The molecule has 0 radical (unpaired) electrons. The normalized spacial score (nSPS) is 18.2. The van der Waals surface area contributed by atoms with Crippen LogP contribution in [0.15, 0.2) is 47.4 Å². The lowest BCUT2D eigenvalue weighted by molar-refractivity contribution is 0.319. The van der Waals surface area contributed by atoms with E-state index >= 15 is 0 Å². The summed E-state index contributed by atoms with van der Waals surface area (Å²) >= 11 is 1.91. The third kappa shape index (κ3) is 3.36. The monoisotopic (exact) mass is 285 g/mol. The first-order valence-electron chi connectivity index (χ1n) is 7.70. The molecule has 1 aliphatic rings. The first-order valence-corrected chi connectivity index (χ1v) is 8.69. The summed E-state index contributed by atoms with van der Waals surface area (Å²) < 4.78 is 0. The van der Waals surface area contributed by atoms with Gasteiger partial charge in [-0.25, -0.2) is 0 Å². The zero-order chi connectivity index (χ0) is 13.8. The van der Waals surface area contributed by atoms with Gasteiger partial charge in [0.15, 0.2) is 0 Å². The van der Waals surface area contributed by atoms with Crippen molar-refractivity contribution in [3.63, 3.8) is 0 Å². The summed E-state index contributed by atoms with van der Waals surface area (Å²) in [6, 6.07) is 15.6. The standard InChI is InChI=1S/C18H23NS/c19-18(15-7-2-1-3-8-15)13-20-17-11-10-14-6-4-5-9-16(14)12-17/h4-6,9-12,15,18H,1-3,7-8,13,19H2. The van der Waals surface area contributed by atoms with Crippen LogP contribution >= 0.6 is 11.8 Å². The molecule has 0 aliphatic heterocycles. The highest BCUT2D eigenvalue weighted by Crippen LogP contribution is 2.29. The number of nitrogens with two attached hydrogens (primary N) is 1. The summed E-state index contributed by atoms with van der Waals surface area (Å²) in [5, 5.41) is 2.64. The molecule has 2 heteroatoms. The van der Waals surface area contributed by atoms with Crippen LogP contribution in [0, 0.1) is 5.92 Å². The molecule has 2 aromatic rings. The van der Waals surface area contributed by atoms with E-state index in [0.29, 0.717) is 6.04 Å². The molecular formula is C18H23NS. The van der Waals surface area contributed by atoms with E-state index in [-0.39, 0.29) is 0 Å². The molecule has 0 aromatic heterocycles. The van der Waals surface area contributed by atoms with Gasteiger partial charge in [-0.3, -0.25) is 0 Å². The van der Waals surface area contributed by atoms with Crippen LogP contribution in [0.4, 0.5) is 0 Å². The fraction of sp³-hybridized carbons (Fsp3) is 0.444. The van der Waals surface area contributed by atoms with E-state index in [9.17, 15) is 0 Å². The van der Waals surface area contributed by atoms with E-state index in [0.717, 1.165) is 11.7 Å². The maximum atomic E-state index is 6.39. The van der Waals surface area contributed by atoms with E-state index in [2.05, 4.69) is 42.5 Å². The molecule has 0 saturated heterocycles. The second-order valence-corrected chi connectivity index (χ2v) is 6.98. The van der Waals surface area contributed by atoms with Gasteiger partial charge in [0.05, 0.1) is 0 Å². The molecule has 1 saturated carbocycles. The number of hydrogen-bond donors (Lipinski definition) is 1. The van der Waals surface area contributed by atoms with Crippen molar-refractivity contribution in [2.45, 2.75) is 43.0 Å². The Morgan fingerprint density at radius 2 is 1.75 bits per heavy atom. The zero-order valence-electron chi connectivity index (χ0n) is 11.9. The molecule has 2 aromatic carbocycles. The molecule has 1 atom stereocenters. The second-order valence-electron chi connectivity index (χ2n) is 5.88. The smallest absolute Gasteiger partial charge is 0.0162 e. The van der Waals surface area contributed by atoms with Gasteiger partial charge in [0.2, 0.25) is 0 Å². The van der Waals surface area contributed by atoms with Crippen molar-refractivity contribution in [2.75, 3.05) is 5.75 Å². The lowest BCUT2D eigenvalue weighted by atomic mass is 9.85. The van der Waals surface area contributed by atoms with Crippen LogP contribution in [0.2, 0.25) is 0 Å². The number of thioether (sulfide) groups is 1. The van der Waals surface area contributed by atoms with Crippen molar-refractivity contribution in [2.24, 2.45) is 11.7 Å². The molecule has 0 bridgehead atoms. The minimum atomic E-state index is 0.353. The van der Waals surface area contributed by atoms with Crippen molar-refractivity contribution in [3.8, 4) is 0 Å². The highest BCUT2D eigenvalue weighted by Gasteiger charge is 2.20. The van der Waals surface area contributed by atoms with Gasteiger partial charge in [0.25, 0.3) is 0 Å². The first kappa shape index (κ1) is 14.0. The summed E-state index contributed by atoms with van der Waals surface area (Å²) in [5.74, 6) is 1.79. The van der Waals surface area contributed by atoms with Gasteiger partial charge in [-0.05, 0) is 41.7 Å². The Bertz CT molecular complexity index is 560. The highest BCUT2D eigenvalue weighted by atomic mass is 32.2. The van der Waals surface area contributed by atoms with Gasteiger partial charge in [-0.15, -0.1) is 11.8 Å². The molecule has 0 spiro atoms. The maximum Gasteiger partial charge on any atom is 0.0162 e. The molecule has 20 heavy (non-hydrogen) atoms. The lowest BCUT2D eigenvalue weighted by Crippen LogP contribution is -2.33. The van der Waals surface area contributed by atoms with Gasteiger partial charge >= 0.3 is 0 Å². The van der Waals surface area contributed by atoms with Gasteiger partial charge in [-0.1, -0.05) is 49.6 Å². The molecule has 1 nitrogen and oxygen atoms in total. The van der Waals surface area contributed by atoms with Crippen LogP contribution in [-0.2, 0) is 0 Å². The van der Waals surface area contributed by atoms with Crippen molar-refractivity contribution < 1.29 is 0 Å². The molecule has 1 unspecified atom stereocenters. The summed E-state index contributed by atoms with van der Waals surface area (Å²) in [6.45, 7) is 0.